The molecule has 1 aromatic carbocycles. The summed E-state index contributed by atoms with van der Waals surface area (Å²) in [5.74, 6) is -1.00. The minimum atomic E-state index is -2.94. The van der Waals surface area contributed by atoms with Crippen LogP contribution in [0.15, 0.2) is 24.3 Å². The summed E-state index contributed by atoms with van der Waals surface area (Å²) in [7, 11) is -2.94. The lowest BCUT2D eigenvalue weighted by atomic mass is 9.95. The normalized spacial score (nSPS) is 14.2. The maximum atomic E-state index is 13.3. The van der Waals surface area contributed by atoms with E-state index in [2.05, 4.69) is 5.09 Å². The second-order valence-electron chi connectivity index (χ2n) is 7.23. The molecule has 1 atom stereocenters. The van der Waals surface area contributed by atoms with Gasteiger partial charge in [-0.1, -0.05) is 38.5 Å². The van der Waals surface area contributed by atoms with Crippen molar-refractivity contribution in [1.82, 2.24) is 0 Å². The van der Waals surface area contributed by atoms with Crippen LogP contribution in [0.2, 0.25) is 0 Å². The fourth-order valence-corrected chi connectivity index (χ4v) is 5.52. The van der Waals surface area contributed by atoms with E-state index in [1.54, 1.807) is 6.66 Å². The zero-order valence-electron chi connectivity index (χ0n) is 14.9. The monoisotopic (exact) mass is 365 g/mol. The molecule has 6 heteroatoms. The van der Waals surface area contributed by atoms with Crippen molar-refractivity contribution in [2.24, 2.45) is 0 Å². The Kier molecular flexibility index (Phi) is 4.98. The van der Waals surface area contributed by atoms with Gasteiger partial charge in [-0.25, -0.2) is 4.79 Å². The number of nitrogens with one attached hydrogen (secondary N) is 1. The molecule has 0 radical (unpaired) electrons. The highest BCUT2D eigenvalue weighted by molar-refractivity contribution is 7.72. The average Bonchev–Trinajstić information content (AvgIpc) is 2.81. The number of carboxylic acid groups (broad SMARTS) is 1. The van der Waals surface area contributed by atoms with Gasteiger partial charge in [0, 0.05) is 16.8 Å². The molecule has 1 unspecified atom stereocenters. The van der Waals surface area contributed by atoms with Crippen molar-refractivity contribution in [2.45, 2.75) is 40.0 Å². The molecular weight excluding hydrogens is 341 g/mol. The van der Waals surface area contributed by atoms with Crippen molar-refractivity contribution in [3.8, 4) is 0 Å². The average molecular weight is 365 g/mol. The van der Waals surface area contributed by atoms with E-state index in [4.69, 9.17) is 0 Å². The van der Waals surface area contributed by atoms with Crippen LogP contribution in [0.5, 0.6) is 0 Å². The molecule has 24 heavy (non-hydrogen) atoms. The lowest BCUT2D eigenvalue weighted by molar-refractivity contribution is 0.0703. The molecule has 0 amide bonds. The van der Waals surface area contributed by atoms with Crippen molar-refractivity contribution >= 4 is 35.6 Å². The van der Waals surface area contributed by atoms with Crippen LogP contribution in [0.4, 0.5) is 5.69 Å². The van der Waals surface area contributed by atoms with Gasteiger partial charge in [0.2, 0.25) is 0 Å². The maximum Gasteiger partial charge on any atom is 0.348 e. The number of hydrogen-bond donors (Lipinski definition) is 2. The van der Waals surface area contributed by atoms with E-state index in [9.17, 15) is 14.5 Å². The van der Waals surface area contributed by atoms with Crippen LogP contribution in [-0.2, 0) is 9.98 Å². The summed E-state index contributed by atoms with van der Waals surface area (Å²) in [6.45, 7) is 11.6. The van der Waals surface area contributed by atoms with Gasteiger partial charge in [0.25, 0.3) is 0 Å². The maximum absolute atomic E-state index is 13.3. The minimum absolute atomic E-state index is 0.160. The van der Waals surface area contributed by atoms with Crippen LogP contribution in [0.3, 0.4) is 0 Å². The number of hydrogen-bond acceptors (Lipinski definition) is 3. The van der Waals surface area contributed by atoms with E-state index in [1.165, 1.54) is 11.3 Å². The Morgan fingerprint density at radius 2 is 1.83 bits per heavy atom. The number of carboxylic acids is 1. The van der Waals surface area contributed by atoms with E-state index in [0.29, 0.717) is 5.69 Å². The van der Waals surface area contributed by atoms with Crippen LogP contribution >= 0.6 is 18.6 Å². The van der Waals surface area contributed by atoms with Crippen LogP contribution in [0, 0.1) is 13.8 Å². The largest absolute Gasteiger partial charge is 0.477 e. The van der Waals surface area contributed by atoms with Gasteiger partial charge in [-0.3, -0.25) is 4.57 Å². The lowest BCUT2D eigenvalue weighted by Crippen LogP contribution is -2.15. The Labute approximate surface area is 147 Å². The first-order valence-electron chi connectivity index (χ1n) is 7.73. The molecule has 2 N–H and O–H groups in total. The second kappa shape index (κ2) is 6.38. The fraction of sp³-hybridized carbons (Fsp3) is 0.389. The Balaban J connectivity index is 2.47. The van der Waals surface area contributed by atoms with Gasteiger partial charge in [0.15, 0.2) is 7.29 Å². The second-order valence-corrected chi connectivity index (χ2v) is 10.8. The molecule has 0 aliphatic carbocycles. The summed E-state index contributed by atoms with van der Waals surface area (Å²) in [6, 6.07) is 7.58. The highest BCUT2D eigenvalue weighted by Gasteiger charge is 2.27. The number of anilines is 1. The molecule has 1 aromatic heterocycles. The van der Waals surface area contributed by atoms with E-state index in [0.717, 1.165) is 21.3 Å². The summed E-state index contributed by atoms with van der Waals surface area (Å²) in [5, 5.41) is 13.2. The summed E-state index contributed by atoms with van der Waals surface area (Å²) >= 11 is 1.23. The molecule has 1 heterocycles. The minimum Gasteiger partial charge on any atom is -0.477 e. The zero-order valence-corrected chi connectivity index (χ0v) is 16.6. The van der Waals surface area contributed by atoms with Crippen LogP contribution in [-0.4, -0.2) is 17.7 Å². The third kappa shape index (κ3) is 3.90. The number of carbonyl (C=O) groups is 1. The third-order valence-electron chi connectivity index (χ3n) is 3.81. The molecule has 0 aliphatic rings. The van der Waals surface area contributed by atoms with Gasteiger partial charge in [-0.05, 0) is 37.0 Å². The van der Waals surface area contributed by atoms with E-state index in [-0.39, 0.29) is 10.3 Å². The molecule has 0 fully saturated rings. The Bertz CT molecular complexity index is 833. The van der Waals surface area contributed by atoms with Gasteiger partial charge < -0.3 is 10.2 Å². The third-order valence-corrected chi connectivity index (χ3v) is 7.45. The summed E-state index contributed by atoms with van der Waals surface area (Å²) in [4.78, 5) is 12.7. The van der Waals surface area contributed by atoms with Crippen LogP contribution < -0.4 is 10.4 Å². The van der Waals surface area contributed by atoms with Gasteiger partial charge in [0.05, 0.1) is 5.69 Å². The molecule has 0 spiro atoms. The molecule has 0 saturated heterocycles. The van der Waals surface area contributed by atoms with Crippen LogP contribution in [0.1, 0.15) is 46.4 Å². The molecule has 2 rings (SSSR count). The SMILES string of the molecule is Cc1ccc(P(C)(=O)Nc2cc(C(C)(C)C)sc2C(=O)O)c(C)c1. The van der Waals surface area contributed by atoms with Gasteiger partial charge in [-0.2, -0.15) is 0 Å². The Morgan fingerprint density at radius 1 is 1.21 bits per heavy atom. The van der Waals surface area contributed by atoms with Crippen molar-refractivity contribution < 1.29 is 14.5 Å². The topological polar surface area (TPSA) is 66.4 Å². The fourth-order valence-electron chi connectivity index (χ4n) is 2.58. The number of aryl methyl sites for hydroxylation is 2. The van der Waals surface area contributed by atoms with Crippen molar-refractivity contribution in [1.29, 1.82) is 0 Å². The van der Waals surface area contributed by atoms with Crippen LogP contribution in [0.25, 0.3) is 0 Å². The number of thiophene rings is 1. The van der Waals surface area contributed by atoms with Crippen molar-refractivity contribution in [3.63, 3.8) is 0 Å². The molecule has 0 aliphatic heterocycles. The number of rotatable bonds is 4. The Hall–Kier alpha value is -1.58. The number of aromatic carboxylic acids is 1. The zero-order chi connectivity index (χ0) is 18.3. The molecular formula is C18H24NO3PS. The summed E-state index contributed by atoms with van der Waals surface area (Å²) < 4.78 is 13.3. The van der Waals surface area contributed by atoms with E-state index in [1.807, 2.05) is 58.9 Å². The lowest BCUT2D eigenvalue weighted by Gasteiger charge is -2.19. The smallest absolute Gasteiger partial charge is 0.348 e. The molecule has 0 bridgehead atoms. The van der Waals surface area contributed by atoms with Gasteiger partial charge >= 0.3 is 5.97 Å². The molecule has 2 aromatic rings. The highest BCUT2D eigenvalue weighted by Crippen LogP contribution is 2.45. The predicted molar refractivity (Wildman–Crippen MR) is 103 cm³/mol. The van der Waals surface area contributed by atoms with Gasteiger partial charge in [-0.15, -0.1) is 11.3 Å². The number of benzene rings is 1. The first kappa shape index (κ1) is 18.8. The Morgan fingerprint density at radius 3 is 2.33 bits per heavy atom. The highest BCUT2D eigenvalue weighted by atomic mass is 32.1. The first-order valence-corrected chi connectivity index (χ1v) is 10.7. The van der Waals surface area contributed by atoms with E-state index < -0.39 is 13.3 Å². The van der Waals surface area contributed by atoms with Crippen molar-refractivity contribution in [3.05, 3.63) is 45.1 Å². The summed E-state index contributed by atoms with van der Waals surface area (Å²) in [5.41, 5.74) is 2.32. The summed E-state index contributed by atoms with van der Waals surface area (Å²) in [6.07, 6.45) is 0. The van der Waals surface area contributed by atoms with Crippen molar-refractivity contribution in [2.75, 3.05) is 11.8 Å². The molecule has 4 nitrogen and oxygen atoms in total. The van der Waals surface area contributed by atoms with Gasteiger partial charge in [0.1, 0.15) is 4.88 Å². The van der Waals surface area contributed by atoms with E-state index >= 15 is 0 Å². The quantitative estimate of drug-likeness (QED) is 0.748. The molecule has 0 saturated carbocycles. The standard InChI is InChI=1S/C18H24NO3PS/c1-11-7-8-14(12(2)9-11)23(6,22)19-13-10-15(18(3,4)5)24-16(13)17(20)21/h7-10H,1-6H3,(H,19,22)(H,20,21). The predicted octanol–water partition coefficient (Wildman–Crippen LogP) is 5.01. The first-order chi connectivity index (χ1) is 10.9. The molecule has 130 valence electrons.